The number of nitriles is 1. The van der Waals surface area contributed by atoms with Gasteiger partial charge in [-0.05, 0) is 17.7 Å². The van der Waals surface area contributed by atoms with E-state index in [-0.39, 0.29) is 18.4 Å². The molecular weight excluding hydrogens is 337 g/mol. The summed E-state index contributed by atoms with van der Waals surface area (Å²) in [6.45, 7) is 0.674. The van der Waals surface area contributed by atoms with Crippen molar-refractivity contribution in [2.45, 2.75) is 13.1 Å². The molecule has 0 unspecified atom stereocenters. The van der Waals surface area contributed by atoms with Crippen LogP contribution in [0.4, 0.5) is 21.8 Å². The highest BCUT2D eigenvalue weighted by atomic mass is 19.1. The maximum Gasteiger partial charge on any atom is 0.229 e. The molecule has 0 radical (unpaired) electrons. The van der Waals surface area contributed by atoms with E-state index in [1.807, 2.05) is 6.07 Å². The van der Waals surface area contributed by atoms with Gasteiger partial charge in [0.15, 0.2) is 11.6 Å². The molecular formula is C17H16FN7O. The number of rotatable bonds is 7. The Morgan fingerprint density at radius 2 is 2.19 bits per heavy atom. The highest BCUT2D eigenvalue weighted by Gasteiger charge is 2.08. The van der Waals surface area contributed by atoms with E-state index in [4.69, 9.17) is 10.4 Å². The number of nitrogens with zero attached hydrogens (tertiary/aromatic N) is 5. The van der Waals surface area contributed by atoms with Crippen molar-refractivity contribution in [3.8, 4) is 6.07 Å². The molecule has 3 rings (SSSR count). The zero-order valence-electron chi connectivity index (χ0n) is 13.7. The number of aromatic nitrogens is 4. The van der Waals surface area contributed by atoms with Gasteiger partial charge in [0, 0.05) is 12.7 Å². The van der Waals surface area contributed by atoms with E-state index >= 15 is 0 Å². The Morgan fingerprint density at radius 1 is 1.31 bits per heavy atom. The van der Waals surface area contributed by atoms with Gasteiger partial charge in [0.2, 0.25) is 5.95 Å². The molecule has 9 heteroatoms. The molecule has 132 valence electrons. The van der Waals surface area contributed by atoms with Crippen LogP contribution in [0.15, 0.2) is 42.9 Å². The smallest absolute Gasteiger partial charge is 0.229 e. The predicted molar refractivity (Wildman–Crippen MR) is 93.1 cm³/mol. The first-order chi connectivity index (χ1) is 12.7. The Hall–Kier alpha value is -3.51. The lowest BCUT2D eigenvalue weighted by atomic mass is 10.1. The van der Waals surface area contributed by atoms with E-state index in [0.29, 0.717) is 24.3 Å². The van der Waals surface area contributed by atoms with Gasteiger partial charge in [-0.2, -0.15) is 15.3 Å². The van der Waals surface area contributed by atoms with Gasteiger partial charge in [-0.25, -0.2) is 9.37 Å². The molecule has 0 atom stereocenters. The topological polar surface area (TPSA) is 112 Å². The average molecular weight is 353 g/mol. The van der Waals surface area contributed by atoms with Gasteiger partial charge in [0.25, 0.3) is 0 Å². The van der Waals surface area contributed by atoms with E-state index in [9.17, 15) is 4.39 Å². The summed E-state index contributed by atoms with van der Waals surface area (Å²) < 4.78 is 15.5. The normalized spacial score (nSPS) is 10.3. The lowest BCUT2D eigenvalue weighted by Crippen LogP contribution is -2.07. The van der Waals surface area contributed by atoms with Crippen LogP contribution in [-0.4, -0.2) is 31.5 Å². The van der Waals surface area contributed by atoms with Crippen molar-refractivity contribution in [3.05, 3.63) is 59.8 Å². The van der Waals surface area contributed by atoms with Crippen molar-refractivity contribution >= 4 is 17.5 Å². The van der Waals surface area contributed by atoms with E-state index < -0.39 is 5.82 Å². The summed E-state index contributed by atoms with van der Waals surface area (Å²) in [6, 6.07) is 9.09. The summed E-state index contributed by atoms with van der Waals surface area (Å²) in [4.78, 5) is 8.03. The molecule has 0 spiro atoms. The van der Waals surface area contributed by atoms with E-state index in [2.05, 4.69) is 31.8 Å². The molecule has 2 heterocycles. The fourth-order valence-electron chi connectivity index (χ4n) is 2.27. The molecule has 3 aromatic rings. The first-order valence-corrected chi connectivity index (χ1v) is 7.83. The molecule has 0 aliphatic rings. The lowest BCUT2D eigenvalue weighted by molar-refractivity contribution is 0.269. The maximum atomic E-state index is 13.9. The number of halogens is 1. The molecule has 8 nitrogen and oxygen atoms in total. The number of benzene rings is 1. The quantitative estimate of drug-likeness (QED) is 0.596. The Bertz CT molecular complexity index is 935. The van der Waals surface area contributed by atoms with Crippen LogP contribution in [0.25, 0.3) is 0 Å². The second kappa shape index (κ2) is 8.04. The molecule has 0 saturated carbocycles. The SMILES string of the molecule is N#Cc1cccc(CNc2nc(Nc3cnn(CCO)c3)ncc2F)c1. The molecule has 0 amide bonds. The van der Waals surface area contributed by atoms with Crippen LogP contribution in [0.5, 0.6) is 0 Å². The molecule has 0 saturated heterocycles. The third-order valence-electron chi connectivity index (χ3n) is 3.48. The van der Waals surface area contributed by atoms with Gasteiger partial charge < -0.3 is 15.7 Å². The third kappa shape index (κ3) is 4.31. The molecule has 0 aliphatic carbocycles. The zero-order chi connectivity index (χ0) is 18.4. The van der Waals surface area contributed by atoms with Crippen molar-refractivity contribution < 1.29 is 9.50 Å². The van der Waals surface area contributed by atoms with Crippen molar-refractivity contribution in [1.29, 1.82) is 5.26 Å². The van der Waals surface area contributed by atoms with Crippen molar-refractivity contribution in [3.63, 3.8) is 0 Å². The van der Waals surface area contributed by atoms with Crippen LogP contribution >= 0.6 is 0 Å². The van der Waals surface area contributed by atoms with E-state index in [0.717, 1.165) is 11.8 Å². The molecule has 1 aromatic carbocycles. The Morgan fingerprint density at radius 3 is 3.00 bits per heavy atom. The zero-order valence-corrected chi connectivity index (χ0v) is 13.7. The molecule has 3 N–H and O–H groups in total. The molecule has 0 fully saturated rings. The number of aliphatic hydroxyl groups is 1. The highest BCUT2D eigenvalue weighted by molar-refractivity contribution is 5.53. The molecule has 26 heavy (non-hydrogen) atoms. The molecule has 2 aromatic heterocycles. The number of nitrogens with one attached hydrogen (secondary N) is 2. The van der Waals surface area contributed by atoms with Gasteiger partial charge in [-0.15, -0.1) is 0 Å². The number of hydrogen-bond acceptors (Lipinski definition) is 7. The van der Waals surface area contributed by atoms with E-state index in [1.165, 1.54) is 0 Å². The Balaban J connectivity index is 1.69. The summed E-state index contributed by atoms with van der Waals surface area (Å²) in [5.41, 5.74) is 1.99. The van der Waals surface area contributed by atoms with Gasteiger partial charge in [-0.1, -0.05) is 12.1 Å². The van der Waals surface area contributed by atoms with Crippen molar-refractivity contribution in [2.24, 2.45) is 0 Å². The van der Waals surface area contributed by atoms with Crippen LogP contribution in [0.1, 0.15) is 11.1 Å². The Kier molecular flexibility index (Phi) is 5.36. The second-order valence-electron chi connectivity index (χ2n) is 5.40. The van der Waals surface area contributed by atoms with Crippen molar-refractivity contribution in [1.82, 2.24) is 19.7 Å². The van der Waals surface area contributed by atoms with Crippen LogP contribution in [0.2, 0.25) is 0 Å². The maximum absolute atomic E-state index is 13.9. The lowest BCUT2D eigenvalue weighted by Gasteiger charge is -2.09. The van der Waals surface area contributed by atoms with Gasteiger partial charge in [-0.3, -0.25) is 4.68 Å². The minimum absolute atomic E-state index is 0.0186. The minimum Gasteiger partial charge on any atom is -0.394 e. The first-order valence-electron chi connectivity index (χ1n) is 7.83. The fourth-order valence-corrected chi connectivity index (χ4v) is 2.27. The third-order valence-corrected chi connectivity index (χ3v) is 3.48. The average Bonchev–Trinajstić information content (AvgIpc) is 3.09. The molecule has 0 bridgehead atoms. The second-order valence-corrected chi connectivity index (χ2v) is 5.40. The largest absolute Gasteiger partial charge is 0.394 e. The highest BCUT2D eigenvalue weighted by Crippen LogP contribution is 2.17. The predicted octanol–water partition coefficient (Wildman–Crippen LogP) is 2.03. The number of anilines is 3. The van der Waals surface area contributed by atoms with Crippen LogP contribution in [0, 0.1) is 17.1 Å². The van der Waals surface area contributed by atoms with Gasteiger partial charge >= 0.3 is 0 Å². The van der Waals surface area contributed by atoms with Gasteiger partial charge in [0.05, 0.1) is 42.9 Å². The first kappa shape index (κ1) is 17.3. The standard InChI is InChI=1S/C17H16FN7O/c18-15-10-21-17(23-14-9-22-25(11-14)4-5-26)24-16(15)20-8-13-3-1-2-12(6-13)7-19/h1-3,6,9-11,26H,4-5,8H2,(H2,20,21,23,24). The molecule has 0 aliphatic heterocycles. The monoisotopic (exact) mass is 353 g/mol. The van der Waals surface area contributed by atoms with Crippen LogP contribution in [-0.2, 0) is 13.1 Å². The summed E-state index contributed by atoms with van der Waals surface area (Å²) in [5.74, 6) is -0.321. The fraction of sp³-hybridized carbons (Fsp3) is 0.176. The summed E-state index contributed by atoms with van der Waals surface area (Å²) in [7, 11) is 0. The Labute approximate surface area is 149 Å². The minimum atomic E-state index is -0.581. The number of hydrogen-bond donors (Lipinski definition) is 3. The number of aliphatic hydroxyl groups excluding tert-OH is 1. The van der Waals surface area contributed by atoms with Crippen LogP contribution in [0.3, 0.4) is 0 Å². The van der Waals surface area contributed by atoms with E-state index in [1.54, 1.807) is 35.3 Å². The summed E-state index contributed by atoms with van der Waals surface area (Å²) >= 11 is 0. The van der Waals surface area contributed by atoms with Crippen molar-refractivity contribution in [2.75, 3.05) is 17.2 Å². The summed E-state index contributed by atoms with van der Waals surface area (Å²) in [6.07, 6.45) is 4.31. The van der Waals surface area contributed by atoms with Gasteiger partial charge in [0.1, 0.15) is 0 Å². The van der Waals surface area contributed by atoms with Crippen LogP contribution < -0.4 is 10.6 Å². The summed E-state index contributed by atoms with van der Waals surface area (Å²) in [5, 5.41) is 27.7.